The summed E-state index contributed by atoms with van der Waals surface area (Å²) < 4.78 is 0. The number of carbonyl (C=O) groups is 1. The Bertz CT molecular complexity index is 392. The number of aromatic carboxylic acids is 1. The second kappa shape index (κ2) is 8.15. The first-order valence-electron chi connectivity index (χ1n) is 6.18. The number of aliphatic hydroxyl groups excluding tert-OH is 1. The van der Waals surface area contributed by atoms with Crippen LogP contribution in [0.5, 0.6) is 0 Å². The number of rotatable bonds is 6. The van der Waals surface area contributed by atoms with Crippen LogP contribution in [-0.2, 0) is 0 Å². The third kappa shape index (κ3) is 5.59. The highest BCUT2D eigenvalue weighted by Gasteiger charge is 2.17. The SMILES string of the molecule is CC(C)CC[C@H](O)[C@H](N)c1ccc(C(=O)O)cc1.Cl. The van der Waals surface area contributed by atoms with Crippen LogP contribution in [0, 0.1) is 5.92 Å². The molecule has 0 radical (unpaired) electrons. The highest BCUT2D eigenvalue weighted by Crippen LogP contribution is 2.19. The maximum atomic E-state index is 10.7. The second-order valence-corrected chi connectivity index (χ2v) is 4.99. The molecule has 19 heavy (non-hydrogen) atoms. The number of nitrogens with two attached hydrogens (primary N) is 1. The van der Waals surface area contributed by atoms with Crippen LogP contribution in [-0.4, -0.2) is 22.3 Å². The molecular weight excluding hydrogens is 266 g/mol. The zero-order valence-corrected chi connectivity index (χ0v) is 12.1. The average molecular weight is 288 g/mol. The third-order valence-corrected chi connectivity index (χ3v) is 3.00. The molecule has 1 rings (SSSR count). The molecule has 5 heteroatoms. The maximum Gasteiger partial charge on any atom is 0.335 e. The van der Waals surface area contributed by atoms with E-state index in [4.69, 9.17) is 10.8 Å². The Kier molecular flexibility index (Phi) is 7.68. The number of carboxylic acid groups (broad SMARTS) is 1. The first-order chi connectivity index (χ1) is 8.41. The number of hydrogen-bond donors (Lipinski definition) is 3. The van der Waals surface area contributed by atoms with Crippen molar-refractivity contribution in [2.24, 2.45) is 11.7 Å². The van der Waals surface area contributed by atoms with E-state index in [9.17, 15) is 9.90 Å². The van der Waals surface area contributed by atoms with E-state index >= 15 is 0 Å². The monoisotopic (exact) mass is 287 g/mol. The molecule has 0 heterocycles. The minimum absolute atomic E-state index is 0. The zero-order valence-electron chi connectivity index (χ0n) is 11.2. The first kappa shape index (κ1) is 17.9. The van der Waals surface area contributed by atoms with Crippen molar-refractivity contribution in [3.05, 3.63) is 35.4 Å². The molecule has 108 valence electrons. The summed E-state index contributed by atoms with van der Waals surface area (Å²) >= 11 is 0. The Morgan fingerprint density at radius 3 is 2.16 bits per heavy atom. The van der Waals surface area contributed by atoms with Gasteiger partial charge in [-0.3, -0.25) is 0 Å². The number of carboxylic acids is 1. The molecule has 4 N–H and O–H groups in total. The van der Waals surface area contributed by atoms with Crippen molar-refractivity contribution in [3.63, 3.8) is 0 Å². The molecule has 0 aliphatic rings. The number of benzene rings is 1. The molecule has 0 aliphatic carbocycles. The lowest BCUT2D eigenvalue weighted by Crippen LogP contribution is -2.26. The molecule has 4 nitrogen and oxygen atoms in total. The van der Waals surface area contributed by atoms with E-state index in [-0.39, 0.29) is 18.0 Å². The fraction of sp³-hybridized carbons (Fsp3) is 0.500. The van der Waals surface area contributed by atoms with Gasteiger partial charge in [0.2, 0.25) is 0 Å². The third-order valence-electron chi connectivity index (χ3n) is 3.00. The van der Waals surface area contributed by atoms with E-state index in [0.717, 1.165) is 12.0 Å². The molecule has 1 aromatic carbocycles. The number of aliphatic hydroxyl groups is 1. The van der Waals surface area contributed by atoms with Gasteiger partial charge in [0.15, 0.2) is 0 Å². The minimum Gasteiger partial charge on any atom is -0.478 e. The van der Waals surface area contributed by atoms with Crippen molar-refractivity contribution in [1.29, 1.82) is 0 Å². The summed E-state index contributed by atoms with van der Waals surface area (Å²) in [6.07, 6.45) is 0.977. The van der Waals surface area contributed by atoms with Crippen LogP contribution in [0.15, 0.2) is 24.3 Å². The van der Waals surface area contributed by atoms with E-state index in [1.165, 1.54) is 12.1 Å². The maximum absolute atomic E-state index is 10.7. The molecule has 2 atom stereocenters. The molecule has 0 aromatic heterocycles. The molecule has 0 saturated carbocycles. The van der Waals surface area contributed by atoms with Gasteiger partial charge in [-0.05, 0) is 36.5 Å². The predicted octanol–water partition coefficient (Wildman–Crippen LogP) is 2.60. The number of hydrogen-bond acceptors (Lipinski definition) is 3. The number of halogens is 1. The minimum atomic E-state index is -0.963. The molecule has 0 amide bonds. The summed E-state index contributed by atoms with van der Waals surface area (Å²) in [4.78, 5) is 10.7. The first-order valence-corrected chi connectivity index (χ1v) is 6.18. The molecular formula is C14H22ClNO3. The van der Waals surface area contributed by atoms with Gasteiger partial charge < -0.3 is 15.9 Å². The van der Waals surface area contributed by atoms with Crippen LogP contribution in [0.4, 0.5) is 0 Å². The van der Waals surface area contributed by atoms with Gasteiger partial charge >= 0.3 is 5.97 Å². The molecule has 0 unspecified atom stereocenters. The van der Waals surface area contributed by atoms with Gasteiger partial charge in [0, 0.05) is 0 Å². The Morgan fingerprint density at radius 2 is 1.74 bits per heavy atom. The summed E-state index contributed by atoms with van der Waals surface area (Å²) in [6.45, 7) is 4.19. The molecule has 0 spiro atoms. The second-order valence-electron chi connectivity index (χ2n) is 4.99. The van der Waals surface area contributed by atoms with Crippen molar-refractivity contribution in [2.45, 2.75) is 38.8 Å². The quantitative estimate of drug-likeness (QED) is 0.751. The zero-order chi connectivity index (χ0) is 13.7. The summed E-state index contributed by atoms with van der Waals surface area (Å²) in [5.74, 6) is -0.434. The fourth-order valence-corrected chi connectivity index (χ4v) is 1.75. The summed E-state index contributed by atoms with van der Waals surface area (Å²) in [5.41, 5.74) is 6.94. The lowest BCUT2D eigenvalue weighted by molar-refractivity contribution is 0.0697. The largest absolute Gasteiger partial charge is 0.478 e. The van der Waals surface area contributed by atoms with Gasteiger partial charge in [0.25, 0.3) is 0 Å². The standard InChI is InChI=1S/C14H21NO3.ClH/c1-9(2)3-8-12(16)13(15)10-4-6-11(7-5-10)14(17)18;/h4-7,9,12-13,16H,3,8,15H2,1-2H3,(H,17,18);1H/t12-,13+;/m0./s1. The molecule has 0 fully saturated rings. The lowest BCUT2D eigenvalue weighted by atomic mass is 9.95. The molecule has 0 saturated heterocycles. The van der Waals surface area contributed by atoms with Crippen LogP contribution in [0.25, 0.3) is 0 Å². The Labute approximate surface area is 120 Å². The van der Waals surface area contributed by atoms with Crippen LogP contribution < -0.4 is 5.73 Å². The van der Waals surface area contributed by atoms with Gasteiger partial charge in [-0.25, -0.2) is 4.79 Å². The highest BCUT2D eigenvalue weighted by molar-refractivity contribution is 5.87. The Morgan fingerprint density at radius 1 is 1.21 bits per heavy atom. The summed E-state index contributed by atoms with van der Waals surface area (Å²) in [5, 5.41) is 18.7. The molecule has 1 aromatic rings. The lowest BCUT2D eigenvalue weighted by Gasteiger charge is -2.20. The van der Waals surface area contributed by atoms with Gasteiger partial charge in [0.1, 0.15) is 0 Å². The van der Waals surface area contributed by atoms with Crippen LogP contribution >= 0.6 is 12.4 Å². The van der Waals surface area contributed by atoms with E-state index in [2.05, 4.69) is 13.8 Å². The normalized spacial score (nSPS) is 13.7. The van der Waals surface area contributed by atoms with Crippen LogP contribution in [0.1, 0.15) is 48.7 Å². The predicted molar refractivity (Wildman–Crippen MR) is 77.7 cm³/mol. The van der Waals surface area contributed by atoms with Crippen molar-refractivity contribution < 1.29 is 15.0 Å². The fourth-order valence-electron chi connectivity index (χ4n) is 1.75. The van der Waals surface area contributed by atoms with Crippen molar-refractivity contribution in [1.82, 2.24) is 0 Å². The average Bonchev–Trinajstić information content (AvgIpc) is 2.35. The van der Waals surface area contributed by atoms with Crippen molar-refractivity contribution in [2.75, 3.05) is 0 Å². The van der Waals surface area contributed by atoms with Crippen molar-refractivity contribution in [3.8, 4) is 0 Å². The smallest absolute Gasteiger partial charge is 0.335 e. The topological polar surface area (TPSA) is 83.5 Å². The summed E-state index contributed by atoms with van der Waals surface area (Å²) in [6, 6.07) is 5.87. The summed E-state index contributed by atoms with van der Waals surface area (Å²) in [7, 11) is 0. The Balaban J connectivity index is 0.00000324. The van der Waals surface area contributed by atoms with Crippen LogP contribution in [0.2, 0.25) is 0 Å². The molecule has 0 bridgehead atoms. The van der Waals surface area contributed by atoms with E-state index in [1.54, 1.807) is 12.1 Å². The van der Waals surface area contributed by atoms with Crippen molar-refractivity contribution >= 4 is 18.4 Å². The van der Waals surface area contributed by atoms with Gasteiger partial charge in [0.05, 0.1) is 17.7 Å². The van der Waals surface area contributed by atoms with Crippen LogP contribution in [0.3, 0.4) is 0 Å². The van der Waals surface area contributed by atoms with E-state index < -0.39 is 18.1 Å². The molecule has 0 aliphatic heterocycles. The van der Waals surface area contributed by atoms with E-state index in [1.807, 2.05) is 0 Å². The van der Waals surface area contributed by atoms with Gasteiger partial charge in [-0.1, -0.05) is 26.0 Å². The van der Waals surface area contributed by atoms with Gasteiger partial charge in [-0.2, -0.15) is 0 Å². The Hall–Kier alpha value is -1.10. The van der Waals surface area contributed by atoms with Gasteiger partial charge in [-0.15, -0.1) is 12.4 Å². The van der Waals surface area contributed by atoms with E-state index in [0.29, 0.717) is 12.3 Å². The highest BCUT2D eigenvalue weighted by atomic mass is 35.5.